The van der Waals surface area contributed by atoms with Crippen molar-refractivity contribution >= 4 is 5.69 Å². The van der Waals surface area contributed by atoms with Gasteiger partial charge in [-0.2, -0.15) is 0 Å². The summed E-state index contributed by atoms with van der Waals surface area (Å²) in [4.78, 5) is 0. The molecule has 2 rings (SSSR count). The maximum Gasteiger partial charge on any atom is 0.102 e. The number of rotatable bonds is 5. The van der Waals surface area contributed by atoms with Crippen molar-refractivity contribution in [2.45, 2.75) is 26.3 Å². The first-order valence-electron chi connectivity index (χ1n) is 5.96. The highest BCUT2D eigenvalue weighted by Crippen LogP contribution is 2.17. The van der Waals surface area contributed by atoms with E-state index in [1.807, 2.05) is 13.2 Å². The molecule has 4 nitrogen and oxygen atoms in total. The van der Waals surface area contributed by atoms with Crippen LogP contribution in [0.25, 0.3) is 0 Å². The normalized spacial score (nSPS) is 10.5. The first-order valence-corrected chi connectivity index (χ1v) is 5.96. The van der Waals surface area contributed by atoms with Crippen molar-refractivity contribution in [1.29, 1.82) is 0 Å². The summed E-state index contributed by atoms with van der Waals surface area (Å²) in [6.07, 6.45) is 4.18. The molecule has 0 atom stereocenters. The molecular weight excluding hydrogens is 212 g/mol. The summed E-state index contributed by atoms with van der Waals surface area (Å²) < 4.78 is 1.72. The fourth-order valence-corrected chi connectivity index (χ4v) is 1.84. The molecule has 1 aromatic heterocycles. The van der Waals surface area contributed by atoms with Gasteiger partial charge in [0, 0.05) is 18.9 Å². The van der Waals surface area contributed by atoms with E-state index in [2.05, 4.69) is 46.8 Å². The maximum absolute atomic E-state index is 4.06. The van der Waals surface area contributed by atoms with Crippen LogP contribution in [0.5, 0.6) is 0 Å². The van der Waals surface area contributed by atoms with Gasteiger partial charge in [-0.25, -0.2) is 0 Å². The lowest BCUT2D eigenvalue weighted by Gasteiger charge is -2.09. The largest absolute Gasteiger partial charge is 0.379 e. The first kappa shape index (κ1) is 11.6. The Kier molecular flexibility index (Phi) is 3.75. The highest BCUT2D eigenvalue weighted by atomic mass is 15.4. The van der Waals surface area contributed by atoms with Crippen molar-refractivity contribution in [3.05, 3.63) is 41.7 Å². The fourth-order valence-electron chi connectivity index (χ4n) is 1.84. The second kappa shape index (κ2) is 5.48. The van der Waals surface area contributed by atoms with Crippen LogP contribution in [0, 0.1) is 0 Å². The number of nitrogens with zero attached hydrogens (tertiary/aromatic N) is 3. The number of aromatic nitrogens is 3. The molecule has 4 heteroatoms. The van der Waals surface area contributed by atoms with Crippen LogP contribution >= 0.6 is 0 Å². The quantitative estimate of drug-likeness (QED) is 0.857. The lowest BCUT2D eigenvalue weighted by Crippen LogP contribution is -2.02. The molecule has 0 aliphatic heterocycles. The second-order valence-corrected chi connectivity index (χ2v) is 4.14. The minimum absolute atomic E-state index is 0.717. The topological polar surface area (TPSA) is 42.7 Å². The fraction of sp³-hybridized carbons (Fsp3) is 0.385. The third kappa shape index (κ3) is 3.06. The molecule has 0 saturated carbocycles. The molecular formula is C13H18N4. The molecule has 0 radical (unpaired) electrons. The van der Waals surface area contributed by atoms with Crippen LogP contribution in [0.1, 0.15) is 24.6 Å². The molecule has 2 aromatic rings. The number of hydrogen-bond donors (Lipinski definition) is 1. The Labute approximate surface area is 102 Å². The Bertz CT molecular complexity index is 476. The second-order valence-electron chi connectivity index (χ2n) is 4.14. The van der Waals surface area contributed by atoms with E-state index in [0.717, 1.165) is 18.5 Å². The van der Waals surface area contributed by atoms with E-state index in [9.17, 15) is 0 Å². The van der Waals surface area contributed by atoms with E-state index >= 15 is 0 Å². The Morgan fingerprint density at radius 2 is 2.12 bits per heavy atom. The molecule has 0 aliphatic carbocycles. The summed E-state index contributed by atoms with van der Waals surface area (Å²) in [5.41, 5.74) is 3.51. The molecule has 0 saturated heterocycles. The zero-order valence-corrected chi connectivity index (χ0v) is 10.3. The number of aryl methyl sites for hydroxylation is 2. The van der Waals surface area contributed by atoms with Crippen molar-refractivity contribution in [1.82, 2.24) is 15.0 Å². The monoisotopic (exact) mass is 230 g/mol. The minimum atomic E-state index is 0.717. The number of benzene rings is 1. The van der Waals surface area contributed by atoms with Gasteiger partial charge in [-0.15, -0.1) is 5.10 Å². The van der Waals surface area contributed by atoms with Gasteiger partial charge in [0.2, 0.25) is 0 Å². The summed E-state index contributed by atoms with van der Waals surface area (Å²) in [6.45, 7) is 2.91. The van der Waals surface area contributed by atoms with Gasteiger partial charge < -0.3 is 5.32 Å². The van der Waals surface area contributed by atoms with Gasteiger partial charge in [0.05, 0.1) is 6.54 Å². The van der Waals surface area contributed by atoms with Gasteiger partial charge in [-0.3, -0.25) is 4.68 Å². The average molecular weight is 230 g/mol. The molecule has 0 amide bonds. The average Bonchev–Trinajstić information content (AvgIpc) is 2.74. The van der Waals surface area contributed by atoms with Crippen LogP contribution in [0.2, 0.25) is 0 Å². The van der Waals surface area contributed by atoms with Crippen molar-refractivity contribution in [2.75, 3.05) is 5.32 Å². The highest BCUT2D eigenvalue weighted by molar-refractivity contribution is 5.51. The zero-order valence-electron chi connectivity index (χ0n) is 10.3. The minimum Gasteiger partial charge on any atom is -0.379 e. The lowest BCUT2D eigenvalue weighted by molar-refractivity contribution is 0.713. The van der Waals surface area contributed by atoms with Crippen molar-refractivity contribution < 1.29 is 0 Å². The molecule has 1 N–H and O–H groups in total. The molecule has 0 fully saturated rings. The molecule has 1 aromatic carbocycles. The third-order valence-electron chi connectivity index (χ3n) is 2.65. The number of nitrogens with one attached hydrogen (secondary N) is 1. The van der Waals surface area contributed by atoms with Crippen LogP contribution in [0.4, 0.5) is 5.69 Å². The highest BCUT2D eigenvalue weighted by Gasteiger charge is 2.02. The van der Waals surface area contributed by atoms with Gasteiger partial charge in [-0.05, 0) is 18.1 Å². The molecule has 0 aliphatic rings. The summed E-state index contributed by atoms with van der Waals surface area (Å²) in [5.74, 6) is 0. The van der Waals surface area contributed by atoms with Crippen molar-refractivity contribution in [2.24, 2.45) is 7.05 Å². The molecule has 1 heterocycles. The van der Waals surface area contributed by atoms with E-state index in [4.69, 9.17) is 0 Å². The van der Waals surface area contributed by atoms with Crippen LogP contribution in [-0.4, -0.2) is 15.0 Å². The number of hydrogen-bond acceptors (Lipinski definition) is 3. The molecule has 90 valence electrons. The Balaban J connectivity index is 2.03. The van der Waals surface area contributed by atoms with Gasteiger partial charge >= 0.3 is 0 Å². The smallest absolute Gasteiger partial charge is 0.102 e. The maximum atomic E-state index is 4.06. The number of para-hydroxylation sites is 1. The van der Waals surface area contributed by atoms with E-state index < -0.39 is 0 Å². The van der Waals surface area contributed by atoms with Crippen LogP contribution in [0.3, 0.4) is 0 Å². The lowest BCUT2D eigenvalue weighted by atomic mass is 10.1. The molecule has 17 heavy (non-hydrogen) atoms. The van der Waals surface area contributed by atoms with Gasteiger partial charge in [0.1, 0.15) is 5.69 Å². The van der Waals surface area contributed by atoms with Crippen LogP contribution in [-0.2, 0) is 20.0 Å². The zero-order chi connectivity index (χ0) is 12.1. The Morgan fingerprint density at radius 3 is 2.82 bits per heavy atom. The van der Waals surface area contributed by atoms with E-state index in [1.165, 1.54) is 11.3 Å². The summed E-state index contributed by atoms with van der Waals surface area (Å²) in [6, 6.07) is 8.42. The number of anilines is 1. The predicted octanol–water partition coefficient (Wildman–Crippen LogP) is 2.38. The standard InChI is InChI=1S/C13H18N4/c1-3-6-11-7-4-5-8-13(11)14-9-12-10-17(2)16-15-12/h4-5,7-8,10,14H,3,6,9H2,1-2H3. The SMILES string of the molecule is CCCc1ccccc1NCc1cn(C)nn1. The van der Waals surface area contributed by atoms with E-state index in [-0.39, 0.29) is 0 Å². The molecule has 0 bridgehead atoms. The third-order valence-corrected chi connectivity index (χ3v) is 2.65. The van der Waals surface area contributed by atoms with Crippen LogP contribution in [0.15, 0.2) is 30.5 Å². The molecule has 0 unspecified atom stereocenters. The van der Waals surface area contributed by atoms with Gasteiger partial charge in [0.25, 0.3) is 0 Å². The van der Waals surface area contributed by atoms with Crippen molar-refractivity contribution in [3.63, 3.8) is 0 Å². The summed E-state index contributed by atoms with van der Waals surface area (Å²) in [5, 5.41) is 11.4. The van der Waals surface area contributed by atoms with Crippen molar-refractivity contribution in [3.8, 4) is 0 Å². The van der Waals surface area contributed by atoms with Crippen LogP contribution < -0.4 is 5.32 Å². The van der Waals surface area contributed by atoms with Gasteiger partial charge in [0.15, 0.2) is 0 Å². The predicted molar refractivity (Wildman–Crippen MR) is 68.8 cm³/mol. The van der Waals surface area contributed by atoms with E-state index in [1.54, 1.807) is 4.68 Å². The summed E-state index contributed by atoms with van der Waals surface area (Å²) in [7, 11) is 1.88. The Hall–Kier alpha value is -1.84. The molecule has 0 spiro atoms. The van der Waals surface area contributed by atoms with Gasteiger partial charge in [-0.1, -0.05) is 36.8 Å². The van der Waals surface area contributed by atoms with E-state index in [0.29, 0.717) is 6.54 Å². The Morgan fingerprint density at radius 1 is 1.29 bits per heavy atom. The summed E-state index contributed by atoms with van der Waals surface area (Å²) >= 11 is 0. The first-order chi connectivity index (χ1) is 8.29.